The molecule has 0 aliphatic carbocycles. The SMILES string of the molecule is CC(C)(O)c1nn(-c2ncc(-c3ccccc3F)cn2)c2cc(C(=O)N3CCOCC3)ccc12. The molecule has 174 valence electrons. The summed E-state index contributed by atoms with van der Waals surface area (Å²) >= 11 is 0. The molecule has 2 aromatic heterocycles. The van der Waals surface area contributed by atoms with Gasteiger partial charge in [0.1, 0.15) is 17.1 Å². The van der Waals surface area contributed by atoms with E-state index in [9.17, 15) is 14.3 Å². The van der Waals surface area contributed by atoms with Crippen LogP contribution in [0.15, 0.2) is 54.9 Å². The van der Waals surface area contributed by atoms with Crippen LogP contribution in [0, 0.1) is 5.82 Å². The lowest BCUT2D eigenvalue weighted by atomic mass is 10.0. The molecule has 2 aromatic carbocycles. The number of amides is 1. The zero-order valence-electron chi connectivity index (χ0n) is 18.9. The lowest BCUT2D eigenvalue weighted by Crippen LogP contribution is -2.40. The molecule has 1 fully saturated rings. The second-order valence-electron chi connectivity index (χ2n) is 8.71. The first-order chi connectivity index (χ1) is 16.3. The van der Waals surface area contributed by atoms with E-state index in [4.69, 9.17) is 4.74 Å². The first kappa shape index (κ1) is 22.1. The molecule has 9 heteroatoms. The van der Waals surface area contributed by atoms with Crippen molar-refractivity contribution in [2.45, 2.75) is 19.4 Å². The summed E-state index contributed by atoms with van der Waals surface area (Å²) in [5.41, 5.74) is 1.23. The molecule has 0 bridgehead atoms. The maximum Gasteiger partial charge on any atom is 0.254 e. The van der Waals surface area contributed by atoms with Crippen LogP contribution < -0.4 is 0 Å². The predicted octanol–water partition coefficient (Wildman–Crippen LogP) is 3.32. The quantitative estimate of drug-likeness (QED) is 0.501. The van der Waals surface area contributed by atoms with Crippen molar-refractivity contribution in [1.82, 2.24) is 24.6 Å². The standard InChI is InChI=1S/C25H24FN5O3/c1-25(2,33)22-19-8-7-16(23(32)30-9-11-34-12-10-30)13-21(19)31(29-22)24-27-14-17(15-28-24)18-5-3-4-6-20(18)26/h3-8,13-15,33H,9-12H2,1-2H3. The molecule has 5 rings (SSSR count). The van der Waals surface area contributed by atoms with Gasteiger partial charge in [0.15, 0.2) is 0 Å². The monoisotopic (exact) mass is 461 g/mol. The van der Waals surface area contributed by atoms with Gasteiger partial charge in [-0.2, -0.15) is 9.78 Å². The van der Waals surface area contributed by atoms with Crippen molar-refractivity contribution in [1.29, 1.82) is 0 Å². The van der Waals surface area contributed by atoms with Gasteiger partial charge in [-0.05, 0) is 38.1 Å². The number of aliphatic hydroxyl groups is 1. The largest absolute Gasteiger partial charge is 0.384 e. The number of benzene rings is 2. The Labute approximate surface area is 195 Å². The second kappa shape index (κ2) is 8.58. The van der Waals surface area contributed by atoms with Gasteiger partial charge in [-0.25, -0.2) is 14.4 Å². The highest BCUT2D eigenvalue weighted by molar-refractivity contribution is 5.98. The Bertz CT molecular complexity index is 1360. The summed E-state index contributed by atoms with van der Waals surface area (Å²) in [6.45, 7) is 5.38. The highest BCUT2D eigenvalue weighted by Crippen LogP contribution is 2.30. The van der Waals surface area contributed by atoms with Crippen LogP contribution in [-0.4, -0.2) is 62.0 Å². The van der Waals surface area contributed by atoms with E-state index in [0.29, 0.717) is 59.6 Å². The van der Waals surface area contributed by atoms with Crippen molar-refractivity contribution in [3.05, 3.63) is 71.9 Å². The fraction of sp³-hybridized carbons (Fsp3) is 0.280. The Morgan fingerprint density at radius 1 is 1.09 bits per heavy atom. The number of fused-ring (bicyclic) bond motifs is 1. The molecule has 34 heavy (non-hydrogen) atoms. The Balaban J connectivity index is 1.59. The van der Waals surface area contributed by atoms with Gasteiger partial charge in [0.05, 0.1) is 18.7 Å². The molecule has 8 nitrogen and oxygen atoms in total. The number of hydrogen-bond acceptors (Lipinski definition) is 6. The third-order valence-corrected chi connectivity index (χ3v) is 5.82. The Hall–Kier alpha value is -3.69. The van der Waals surface area contributed by atoms with Crippen molar-refractivity contribution in [2.75, 3.05) is 26.3 Å². The average molecular weight is 461 g/mol. The van der Waals surface area contributed by atoms with E-state index in [2.05, 4.69) is 15.1 Å². The van der Waals surface area contributed by atoms with Crippen molar-refractivity contribution < 1.29 is 19.0 Å². The third kappa shape index (κ3) is 4.04. The number of rotatable bonds is 4. The third-order valence-electron chi connectivity index (χ3n) is 5.82. The van der Waals surface area contributed by atoms with Crippen LogP contribution in [-0.2, 0) is 10.3 Å². The summed E-state index contributed by atoms with van der Waals surface area (Å²) in [6.07, 6.45) is 3.06. The number of morpholine rings is 1. The molecule has 1 amide bonds. The maximum absolute atomic E-state index is 14.2. The molecule has 4 aromatic rings. The van der Waals surface area contributed by atoms with Crippen LogP contribution in [0.2, 0.25) is 0 Å². The van der Waals surface area contributed by atoms with Crippen LogP contribution in [0.3, 0.4) is 0 Å². The number of hydrogen-bond donors (Lipinski definition) is 1. The van der Waals surface area contributed by atoms with E-state index in [0.717, 1.165) is 0 Å². The minimum absolute atomic E-state index is 0.0985. The fourth-order valence-corrected chi connectivity index (χ4v) is 4.07. The molecule has 0 spiro atoms. The summed E-state index contributed by atoms with van der Waals surface area (Å²) in [5.74, 6) is -0.214. The van der Waals surface area contributed by atoms with E-state index in [-0.39, 0.29) is 17.7 Å². The molecule has 1 aliphatic rings. The van der Waals surface area contributed by atoms with Gasteiger partial charge in [0.2, 0.25) is 0 Å². The minimum Gasteiger partial charge on any atom is -0.384 e. The fourth-order valence-electron chi connectivity index (χ4n) is 4.07. The van der Waals surface area contributed by atoms with Crippen molar-refractivity contribution >= 4 is 16.8 Å². The molecule has 0 unspecified atom stereocenters. The van der Waals surface area contributed by atoms with E-state index >= 15 is 0 Å². The van der Waals surface area contributed by atoms with E-state index in [1.807, 2.05) is 0 Å². The van der Waals surface area contributed by atoms with Crippen LogP contribution in [0.1, 0.15) is 29.9 Å². The first-order valence-electron chi connectivity index (χ1n) is 11.0. The highest BCUT2D eigenvalue weighted by Gasteiger charge is 2.27. The molecule has 0 atom stereocenters. The number of halogens is 1. The normalized spacial score (nSPS) is 14.5. The smallest absolute Gasteiger partial charge is 0.254 e. The Morgan fingerprint density at radius 3 is 2.47 bits per heavy atom. The summed E-state index contributed by atoms with van der Waals surface area (Å²) in [5, 5.41) is 16.0. The molecule has 1 saturated heterocycles. The van der Waals surface area contributed by atoms with Gasteiger partial charge in [-0.3, -0.25) is 4.79 Å². The van der Waals surface area contributed by atoms with Gasteiger partial charge in [-0.1, -0.05) is 18.2 Å². The van der Waals surface area contributed by atoms with Gasteiger partial charge in [-0.15, -0.1) is 0 Å². The molecule has 0 radical (unpaired) electrons. The highest BCUT2D eigenvalue weighted by atomic mass is 19.1. The van der Waals surface area contributed by atoms with Crippen molar-refractivity contribution in [3.8, 4) is 17.1 Å². The summed E-state index contributed by atoms with van der Waals surface area (Å²) < 4.78 is 21.0. The molecule has 1 N–H and O–H groups in total. The molecule has 1 aliphatic heterocycles. The Kier molecular flexibility index (Phi) is 5.59. The zero-order chi connectivity index (χ0) is 23.9. The van der Waals surface area contributed by atoms with Crippen LogP contribution in [0.25, 0.3) is 28.0 Å². The molecular weight excluding hydrogens is 437 g/mol. The van der Waals surface area contributed by atoms with Crippen LogP contribution in [0.5, 0.6) is 0 Å². The van der Waals surface area contributed by atoms with E-state index < -0.39 is 5.60 Å². The zero-order valence-corrected chi connectivity index (χ0v) is 18.9. The number of carbonyl (C=O) groups excluding carboxylic acids is 1. The summed E-state index contributed by atoms with van der Waals surface area (Å²) in [4.78, 5) is 23.6. The van der Waals surface area contributed by atoms with Gasteiger partial charge < -0.3 is 14.7 Å². The van der Waals surface area contributed by atoms with Gasteiger partial charge in [0, 0.05) is 47.6 Å². The van der Waals surface area contributed by atoms with Crippen LogP contribution in [0.4, 0.5) is 4.39 Å². The predicted molar refractivity (Wildman–Crippen MR) is 124 cm³/mol. The number of nitrogens with zero attached hydrogens (tertiary/aromatic N) is 5. The number of carbonyl (C=O) groups is 1. The van der Waals surface area contributed by atoms with Gasteiger partial charge >= 0.3 is 0 Å². The van der Waals surface area contributed by atoms with Crippen molar-refractivity contribution in [2.24, 2.45) is 0 Å². The Morgan fingerprint density at radius 2 is 1.79 bits per heavy atom. The van der Waals surface area contributed by atoms with Crippen LogP contribution >= 0.6 is 0 Å². The molecule has 0 saturated carbocycles. The first-order valence-corrected chi connectivity index (χ1v) is 11.0. The molecular formula is C25H24FN5O3. The van der Waals surface area contributed by atoms with Crippen molar-refractivity contribution in [3.63, 3.8) is 0 Å². The molecule has 3 heterocycles. The second-order valence-corrected chi connectivity index (χ2v) is 8.71. The van der Waals surface area contributed by atoms with E-state index in [1.165, 1.54) is 23.1 Å². The maximum atomic E-state index is 14.2. The van der Waals surface area contributed by atoms with Gasteiger partial charge in [0.25, 0.3) is 11.9 Å². The van der Waals surface area contributed by atoms with E-state index in [1.54, 1.807) is 55.1 Å². The summed E-state index contributed by atoms with van der Waals surface area (Å²) in [7, 11) is 0. The average Bonchev–Trinajstić information content (AvgIpc) is 3.24. The minimum atomic E-state index is -1.23. The number of ether oxygens (including phenoxy) is 1. The topological polar surface area (TPSA) is 93.4 Å². The number of aromatic nitrogens is 4. The lowest BCUT2D eigenvalue weighted by molar-refractivity contribution is 0.0303. The lowest BCUT2D eigenvalue weighted by Gasteiger charge is -2.26. The summed E-state index contributed by atoms with van der Waals surface area (Å²) in [6, 6.07) is 11.7.